The van der Waals surface area contributed by atoms with E-state index in [1.54, 1.807) is 14.2 Å². The number of ketones is 1. The molecule has 1 aromatic carbocycles. The number of aliphatic hydroxyl groups excluding tert-OH is 1. The lowest BCUT2D eigenvalue weighted by atomic mass is 10.1. The molecule has 1 aliphatic carbocycles. The van der Waals surface area contributed by atoms with Gasteiger partial charge in [0.2, 0.25) is 10.7 Å². The number of hydrogen-bond donors (Lipinski definition) is 2. The van der Waals surface area contributed by atoms with Crippen molar-refractivity contribution in [2.45, 2.75) is 6.42 Å². The van der Waals surface area contributed by atoms with E-state index < -0.39 is 17.1 Å². The first kappa shape index (κ1) is 20.4. The molecule has 1 aliphatic rings. The lowest BCUT2D eigenvalue weighted by Gasteiger charge is -2.08. The molecule has 158 valence electrons. The van der Waals surface area contributed by atoms with Gasteiger partial charge in [-0.15, -0.1) is 0 Å². The Hall–Kier alpha value is -3.92. The summed E-state index contributed by atoms with van der Waals surface area (Å²) in [5, 5.41) is 14.8. The highest BCUT2D eigenvalue weighted by Crippen LogP contribution is 2.29. The summed E-state index contributed by atoms with van der Waals surface area (Å²) in [7, 11) is 3.14. The van der Waals surface area contributed by atoms with Crippen LogP contribution in [-0.2, 0) is 11.2 Å². The fraction of sp³-hybridized carbons (Fsp3) is 0.143. The largest absolute Gasteiger partial charge is 0.504 e. The molecule has 0 spiro atoms. The summed E-state index contributed by atoms with van der Waals surface area (Å²) < 4.78 is 12.0. The number of hydrogen-bond acceptors (Lipinski definition) is 9. The van der Waals surface area contributed by atoms with Gasteiger partial charge in [-0.2, -0.15) is 14.6 Å². The molecular formula is C21H18N4O5S. The van der Waals surface area contributed by atoms with Crippen LogP contribution in [0.5, 0.6) is 11.5 Å². The second kappa shape index (κ2) is 8.07. The van der Waals surface area contributed by atoms with Crippen molar-refractivity contribution in [2.75, 3.05) is 20.0 Å². The zero-order valence-corrected chi connectivity index (χ0v) is 17.5. The molecule has 0 saturated heterocycles. The molecule has 0 amide bonds. The van der Waals surface area contributed by atoms with Gasteiger partial charge < -0.3 is 20.3 Å². The summed E-state index contributed by atoms with van der Waals surface area (Å²) in [6, 6.07) is 5.57. The third kappa shape index (κ3) is 3.92. The van der Waals surface area contributed by atoms with Crippen molar-refractivity contribution in [3.8, 4) is 11.5 Å². The first-order chi connectivity index (χ1) is 14.9. The number of rotatable bonds is 5. The summed E-state index contributed by atoms with van der Waals surface area (Å²) in [5.74, 6) is 0.443. The molecule has 0 aliphatic heterocycles. The van der Waals surface area contributed by atoms with Crippen LogP contribution in [0.1, 0.15) is 16.1 Å². The summed E-state index contributed by atoms with van der Waals surface area (Å²) in [6.07, 6.45) is 5.91. The number of nitrogens with zero attached hydrogens (tertiary/aromatic N) is 3. The van der Waals surface area contributed by atoms with Crippen LogP contribution in [0.2, 0.25) is 0 Å². The molecule has 2 aromatic heterocycles. The van der Waals surface area contributed by atoms with Gasteiger partial charge in [0, 0.05) is 6.42 Å². The van der Waals surface area contributed by atoms with Crippen LogP contribution < -0.4 is 20.8 Å². The smallest absolute Gasteiger partial charge is 0.283 e. The first-order valence-electron chi connectivity index (χ1n) is 9.13. The number of nitrogens with two attached hydrogens (primary N) is 1. The van der Waals surface area contributed by atoms with Crippen molar-refractivity contribution in [1.82, 2.24) is 14.6 Å². The number of aliphatic hydroxyl groups is 1. The Morgan fingerprint density at radius 2 is 1.97 bits per heavy atom. The number of benzene rings is 1. The van der Waals surface area contributed by atoms with Gasteiger partial charge in [-0.25, -0.2) is 0 Å². The minimum Gasteiger partial charge on any atom is -0.504 e. The van der Waals surface area contributed by atoms with Crippen LogP contribution in [0, 0.1) is 0 Å². The van der Waals surface area contributed by atoms with Crippen LogP contribution in [0.4, 0.5) is 5.82 Å². The maximum absolute atomic E-state index is 12.5. The van der Waals surface area contributed by atoms with Crippen molar-refractivity contribution in [3.63, 3.8) is 0 Å². The third-order valence-corrected chi connectivity index (χ3v) is 5.54. The second-order valence-corrected chi connectivity index (χ2v) is 7.68. The van der Waals surface area contributed by atoms with Crippen LogP contribution >= 0.6 is 11.3 Å². The molecule has 10 heteroatoms. The number of methoxy groups -OCH3 is 2. The fourth-order valence-corrected chi connectivity index (χ4v) is 4.01. The quantitative estimate of drug-likeness (QED) is 0.621. The molecule has 31 heavy (non-hydrogen) atoms. The summed E-state index contributed by atoms with van der Waals surface area (Å²) in [4.78, 5) is 28.3. The number of aromatic nitrogens is 3. The predicted molar refractivity (Wildman–Crippen MR) is 117 cm³/mol. The predicted octanol–water partition coefficient (Wildman–Crippen LogP) is 2.31. The summed E-state index contributed by atoms with van der Waals surface area (Å²) >= 11 is 1.26. The topological polar surface area (TPSA) is 129 Å². The van der Waals surface area contributed by atoms with E-state index in [0.717, 1.165) is 5.56 Å². The SMILES string of the molecule is COc1ccc(Cc2nn3c(N)c(/C=C4\C=CC(=O)C(O)=C4)c(=O)nc3s2)cc1OC. The molecule has 4 rings (SSSR count). The molecule has 3 N–H and O–H groups in total. The van der Waals surface area contributed by atoms with Gasteiger partial charge in [0.25, 0.3) is 5.56 Å². The number of allylic oxidation sites excluding steroid dienone is 4. The van der Waals surface area contributed by atoms with Crippen molar-refractivity contribution < 1.29 is 19.4 Å². The van der Waals surface area contributed by atoms with E-state index in [2.05, 4.69) is 10.1 Å². The van der Waals surface area contributed by atoms with E-state index in [-0.39, 0.29) is 11.4 Å². The van der Waals surface area contributed by atoms with Crippen molar-refractivity contribution >= 4 is 34.0 Å². The fourth-order valence-electron chi connectivity index (χ4n) is 3.08. The Kier molecular flexibility index (Phi) is 5.30. The number of anilines is 1. The Bertz CT molecular complexity index is 1350. The standard InChI is InChI=1S/C21H18N4O5S/c1-29-16-6-4-12(9-17(16)30-2)10-18-24-25-19(22)13(20(28)23-21(25)31-18)7-11-3-5-14(26)15(27)8-11/h3-9,27H,10,22H2,1-2H3/b11-7+. The molecule has 0 atom stereocenters. The first-order valence-corrected chi connectivity index (χ1v) is 9.95. The Balaban J connectivity index is 1.71. The maximum atomic E-state index is 12.5. The molecule has 0 fully saturated rings. The lowest BCUT2D eigenvalue weighted by Crippen LogP contribution is -2.17. The van der Waals surface area contributed by atoms with Gasteiger partial charge >= 0.3 is 0 Å². The number of fused-ring (bicyclic) bond motifs is 1. The van der Waals surface area contributed by atoms with Crippen LogP contribution in [0.25, 0.3) is 11.0 Å². The Morgan fingerprint density at radius 3 is 2.68 bits per heavy atom. The molecule has 0 bridgehead atoms. The molecule has 2 heterocycles. The van der Waals surface area contributed by atoms with E-state index in [9.17, 15) is 14.7 Å². The Labute approximate surface area is 180 Å². The highest BCUT2D eigenvalue weighted by atomic mass is 32.1. The monoisotopic (exact) mass is 438 g/mol. The third-order valence-electron chi connectivity index (χ3n) is 4.63. The highest BCUT2D eigenvalue weighted by molar-refractivity contribution is 7.16. The molecular weight excluding hydrogens is 420 g/mol. The van der Waals surface area contributed by atoms with E-state index in [1.165, 1.54) is 40.2 Å². The van der Waals surface area contributed by atoms with Crippen molar-refractivity contribution in [2.24, 2.45) is 0 Å². The second-order valence-electron chi connectivity index (χ2n) is 6.64. The molecule has 0 radical (unpaired) electrons. The van der Waals surface area contributed by atoms with Crippen LogP contribution in [-0.4, -0.2) is 39.7 Å². The number of ether oxygens (including phenoxy) is 2. The maximum Gasteiger partial charge on any atom is 0.283 e. The van der Waals surface area contributed by atoms with Gasteiger partial charge in [0.05, 0.1) is 19.8 Å². The average molecular weight is 438 g/mol. The van der Waals surface area contributed by atoms with Gasteiger partial charge in [-0.05, 0) is 41.5 Å². The Morgan fingerprint density at radius 1 is 1.19 bits per heavy atom. The minimum atomic E-state index is -0.524. The average Bonchev–Trinajstić information content (AvgIpc) is 3.15. The molecule has 0 saturated carbocycles. The van der Waals surface area contributed by atoms with Crippen LogP contribution in [0.15, 0.2) is 52.6 Å². The molecule has 3 aromatic rings. The van der Waals surface area contributed by atoms with Gasteiger partial charge in [0.15, 0.2) is 17.3 Å². The minimum absolute atomic E-state index is 0.121. The number of carbonyl (C=O) groups is 1. The zero-order chi connectivity index (χ0) is 22.1. The number of carbonyl (C=O) groups excluding carboxylic acids is 1. The van der Waals surface area contributed by atoms with E-state index in [1.807, 2.05) is 18.2 Å². The van der Waals surface area contributed by atoms with Gasteiger partial charge in [0.1, 0.15) is 10.8 Å². The van der Waals surface area contributed by atoms with Crippen molar-refractivity contribution in [3.05, 3.63) is 74.2 Å². The summed E-state index contributed by atoms with van der Waals surface area (Å²) in [5.41, 5.74) is 7.19. The molecule has 0 unspecified atom stereocenters. The van der Waals surface area contributed by atoms with Gasteiger partial charge in [-0.1, -0.05) is 23.5 Å². The van der Waals surface area contributed by atoms with E-state index in [0.29, 0.717) is 33.5 Å². The normalized spacial score (nSPS) is 14.8. The zero-order valence-electron chi connectivity index (χ0n) is 16.7. The number of nitrogen functional groups attached to an aromatic ring is 1. The van der Waals surface area contributed by atoms with E-state index >= 15 is 0 Å². The highest BCUT2D eigenvalue weighted by Gasteiger charge is 2.16. The lowest BCUT2D eigenvalue weighted by molar-refractivity contribution is -0.113. The summed E-state index contributed by atoms with van der Waals surface area (Å²) in [6.45, 7) is 0. The van der Waals surface area contributed by atoms with Gasteiger partial charge in [-0.3, -0.25) is 9.59 Å². The van der Waals surface area contributed by atoms with E-state index in [4.69, 9.17) is 15.2 Å². The molecule has 9 nitrogen and oxygen atoms in total. The van der Waals surface area contributed by atoms with Crippen molar-refractivity contribution in [1.29, 1.82) is 0 Å². The van der Waals surface area contributed by atoms with Crippen LogP contribution in [0.3, 0.4) is 0 Å².